The molecule has 168 valence electrons. The van der Waals surface area contributed by atoms with Gasteiger partial charge in [0, 0.05) is 25.2 Å². The van der Waals surface area contributed by atoms with Crippen molar-refractivity contribution < 1.29 is 13.2 Å². The molecule has 3 unspecified atom stereocenters. The van der Waals surface area contributed by atoms with E-state index in [-0.39, 0.29) is 16.8 Å². The zero-order valence-corrected chi connectivity index (χ0v) is 19.6. The lowest BCUT2D eigenvalue weighted by Crippen LogP contribution is -2.42. The Hall–Kier alpha value is -2.22. The van der Waals surface area contributed by atoms with Crippen LogP contribution in [0.1, 0.15) is 42.2 Å². The number of carbonyl (C=O) groups excluding carboxylic acids is 1. The Morgan fingerprint density at radius 3 is 2.16 bits per heavy atom. The van der Waals surface area contributed by atoms with Gasteiger partial charge in [-0.05, 0) is 62.2 Å². The number of rotatable bonds is 7. The van der Waals surface area contributed by atoms with Gasteiger partial charge in [0.1, 0.15) is 0 Å². The van der Waals surface area contributed by atoms with Gasteiger partial charge in [-0.25, -0.2) is 8.42 Å². The monoisotopic (exact) mass is 443 g/mol. The molecule has 0 bridgehead atoms. The smallest absolute Gasteiger partial charge is 0.251 e. The van der Waals surface area contributed by atoms with Crippen LogP contribution in [0.5, 0.6) is 0 Å². The summed E-state index contributed by atoms with van der Waals surface area (Å²) >= 11 is 0. The van der Waals surface area contributed by atoms with Crippen molar-refractivity contribution >= 4 is 15.9 Å². The highest BCUT2D eigenvalue weighted by Crippen LogP contribution is 2.26. The minimum absolute atomic E-state index is 0.0490. The highest BCUT2D eigenvalue weighted by atomic mass is 32.2. The maximum atomic E-state index is 13.0. The van der Waals surface area contributed by atoms with Gasteiger partial charge in [-0.1, -0.05) is 44.2 Å². The van der Waals surface area contributed by atoms with E-state index in [1.807, 2.05) is 44.4 Å². The van der Waals surface area contributed by atoms with Crippen LogP contribution in [0.4, 0.5) is 0 Å². The van der Waals surface area contributed by atoms with Gasteiger partial charge in [0.25, 0.3) is 5.91 Å². The first-order chi connectivity index (χ1) is 14.7. The maximum Gasteiger partial charge on any atom is 0.251 e. The molecule has 0 aromatic heterocycles. The molecule has 3 rings (SSSR count). The highest BCUT2D eigenvalue weighted by molar-refractivity contribution is 7.89. The number of piperidine rings is 1. The number of sulfonamides is 1. The van der Waals surface area contributed by atoms with E-state index in [1.165, 1.54) is 12.1 Å². The molecule has 1 fully saturated rings. The molecule has 6 nitrogen and oxygen atoms in total. The topological polar surface area (TPSA) is 69.7 Å². The van der Waals surface area contributed by atoms with Gasteiger partial charge in [-0.3, -0.25) is 4.79 Å². The Bertz CT molecular complexity index is 965. The second-order valence-electron chi connectivity index (χ2n) is 8.89. The summed E-state index contributed by atoms with van der Waals surface area (Å²) in [6.07, 6.45) is 1.04. The lowest BCUT2D eigenvalue weighted by molar-refractivity contribution is 0.0942. The minimum atomic E-state index is -3.55. The first-order valence-corrected chi connectivity index (χ1v) is 12.2. The Labute approximate surface area is 186 Å². The standard InChI is InChI=1S/C24H33N3O3S/c1-18-14-19(2)17-27(16-18)31(29,30)22-12-10-21(11-13-22)24(28)25-15-23(26(3)4)20-8-6-5-7-9-20/h5-13,18-19,23H,14-17H2,1-4H3,(H,25,28). The Morgan fingerprint density at radius 1 is 1.03 bits per heavy atom. The van der Waals surface area contributed by atoms with Gasteiger partial charge in [-0.15, -0.1) is 0 Å². The van der Waals surface area contributed by atoms with Crippen molar-refractivity contribution in [2.24, 2.45) is 11.8 Å². The molecular formula is C24H33N3O3S. The van der Waals surface area contributed by atoms with E-state index >= 15 is 0 Å². The molecule has 31 heavy (non-hydrogen) atoms. The predicted octanol–water partition coefficient (Wildman–Crippen LogP) is 3.39. The first-order valence-electron chi connectivity index (χ1n) is 10.8. The van der Waals surface area contributed by atoms with Gasteiger partial charge in [0.05, 0.1) is 10.9 Å². The Kier molecular flexibility index (Phi) is 7.51. The van der Waals surface area contributed by atoms with Gasteiger partial charge < -0.3 is 10.2 Å². The maximum absolute atomic E-state index is 13.0. The number of likely N-dealkylation sites (N-methyl/N-ethyl adjacent to an activating group) is 1. The van der Waals surface area contributed by atoms with Crippen LogP contribution in [-0.4, -0.2) is 57.3 Å². The normalized spacial score (nSPS) is 21.1. The highest BCUT2D eigenvalue weighted by Gasteiger charge is 2.31. The van der Waals surface area contributed by atoms with Crippen molar-refractivity contribution in [1.29, 1.82) is 0 Å². The molecule has 0 spiro atoms. The number of benzene rings is 2. The number of carbonyl (C=O) groups is 1. The van der Waals surface area contributed by atoms with Crippen LogP contribution in [0.15, 0.2) is 59.5 Å². The predicted molar refractivity (Wildman–Crippen MR) is 123 cm³/mol. The quantitative estimate of drug-likeness (QED) is 0.712. The molecule has 1 saturated heterocycles. The molecule has 1 aliphatic heterocycles. The van der Waals surface area contributed by atoms with Gasteiger partial charge in [-0.2, -0.15) is 4.31 Å². The van der Waals surface area contributed by atoms with Crippen molar-refractivity contribution in [3.8, 4) is 0 Å². The number of nitrogens with zero attached hydrogens (tertiary/aromatic N) is 2. The van der Waals surface area contributed by atoms with E-state index in [1.54, 1.807) is 16.4 Å². The first kappa shape index (κ1) is 23.4. The molecule has 0 aliphatic carbocycles. The van der Waals surface area contributed by atoms with Crippen LogP contribution in [0.25, 0.3) is 0 Å². The van der Waals surface area contributed by atoms with E-state index in [4.69, 9.17) is 0 Å². The lowest BCUT2D eigenvalue weighted by atomic mass is 9.94. The van der Waals surface area contributed by atoms with E-state index in [0.717, 1.165) is 12.0 Å². The zero-order chi connectivity index (χ0) is 22.6. The third kappa shape index (κ3) is 5.73. The summed E-state index contributed by atoms with van der Waals surface area (Å²) in [6.45, 7) is 5.71. The molecular weight excluding hydrogens is 410 g/mol. The van der Waals surface area contributed by atoms with Gasteiger partial charge in [0.15, 0.2) is 0 Å². The van der Waals surface area contributed by atoms with E-state index in [2.05, 4.69) is 24.1 Å². The number of nitrogens with one attached hydrogen (secondary N) is 1. The fourth-order valence-corrected chi connectivity index (χ4v) is 5.97. The summed E-state index contributed by atoms with van der Waals surface area (Å²) in [5.41, 5.74) is 1.57. The Morgan fingerprint density at radius 2 is 1.61 bits per heavy atom. The molecule has 1 amide bonds. The average molecular weight is 444 g/mol. The molecule has 1 aliphatic rings. The van der Waals surface area contributed by atoms with Crippen LogP contribution in [0.2, 0.25) is 0 Å². The summed E-state index contributed by atoms with van der Waals surface area (Å²) in [7, 11) is 0.408. The van der Waals surface area contributed by atoms with Crippen molar-refractivity contribution in [3.05, 3.63) is 65.7 Å². The Balaban J connectivity index is 1.67. The molecule has 0 radical (unpaired) electrons. The van der Waals surface area contributed by atoms with Crippen molar-refractivity contribution in [2.45, 2.75) is 31.2 Å². The fourth-order valence-electron chi connectivity index (χ4n) is 4.29. The molecule has 1 N–H and O–H groups in total. The summed E-state index contributed by atoms with van der Waals surface area (Å²) < 4.78 is 27.6. The van der Waals surface area contributed by atoms with Crippen LogP contribution >= 0.6 is 0 Å². The summed E-state index contributed by atoms with van der Waals surface area (Å²) in [6, 6.07) is 16.3. The van der Waals surface area contributed by atoms with Crippen LogP contribution in [0.3, 0.4) is 0 Å². The number of amides is 1. The second-order valence-corrected chi connectivity index (χ2v) is 10.8. The zero-order valence-electron chi connectivity index (χ0n) is 18.8. The second kappa shape index (κ2) is 9.94. The molecule has 7 heteroatoms. The third-order valence-corrected chi connectivity index (χ3v) is 7.70. The fraction of sp³-hybridized carbons (Fsp3) is 0.458. The minimum Gasteiger partial charge on any atom is -0.350 e. The van der Waals surface area contributed by atoms with Crippen LogP contribution in [0, 0.1) is 11.8 Å². The molecule has 3 atom stereocenters. The molecule has 1 heterocycles. The average Bonchev–Trinajstić information content (AvgIpc) is 2.73. The van der Waals surface area contributed by atoms with Crippen LogP contribution < -0.4 is 5.32 Å². The van der Waals surface area contributed by atoms with Crippen molar-refractivity contribution in [2.75, 3.05) is 33.7 Å². The van der Waals surface area contributed by atoms with E-state index in [0.29, 0.717) is 37.0 Å². The van der Waals surface area contributed by atoms with Gasteiger partial charge >= 0.3 is 0 Å². The largest absolute Gasteiger partial charge is 0.350 e. The molecule has 2 aromatic rings. The van der Waals surface area contributed by atoms with Crippen molar-refractivity contribution in [3.63, 3.8) is 0 Å². The molecule has 2 aromatic carbocycles. The summed E-state index contributed by atoms with van der Waals surface area (Å²) in [5.74, 6) is 0.475. The van der Waals surface area contributed by atoms with Crippen molar-refractivity contribution in [1.82, 2.24) is 14.5 Å². The SMILES string of the molecule is CC1CC(C)CN(S(=O)(=O)c2ccc(C(=O)NCC(c3ccccc3)N(C)C)cc2)C1. The summed E-state index contributed by atoms with van der Waals surface area (Å²) in [4.78, 5) is 15.0. The van der Waals surface area contributed by atoms with Crippen LogP contribution in [-0.2, 0) is 10.0 Å². The third-order valence-electron chi connectivity index (χ3n) is 5.85. The molecule has 0 saturated carbocycles. The van der Waals surface area contributed by atoms with E-state index in [9.17, 15) is 13.2 Å². The van der Waals surface area contributed by atoms with Gasteiger partial charge in [0.2, 0.25) is 10.0 Å². The van der Waals surface area contributed by atoms with E-state index < -0.39 is 10.0 Å². The summed E-state index contributed by atoms with van der Waals surface area (Å²) in [5, 5.41) is 2.97. The number of hydrogen-bond donors (Lipinski definition) is 1. The number of hydrogen-bond acceptors (Lipinski definition) is 4. The lowest BCUT2D eigenvalue weighted by Gasteiger charge is -2.34.